The number of Topliss-reactive ketones (excluding diaryl/α,β-unsaturated/α-hetero) is 1. The van der Waals surface area contributed by atoms with E-state index in [1.54, 1.807) is 27.7 Å². The first-order valence-electron chi connectivity index (χ1n) is 12.2. The highest BCUT2D eigenvalue weighted by Crippen LogP contribution is 2.30. The van der Waals surface area contributed by atoms with E-state index >= 15 is 0 Å². The Kier molecular flexibility index (Phi) is 15.1. The zero-order chi connectivity index (χ0) is 26.2. The molecule has 0 atom stereocenters. The van der Waals surface area contributed by atoms with E-state index in [0.29, 0.717) is 38.5 Å². The molecule has 0 saturated carbocycles. The van der Waals surface area contributed by atoms with Crippen molar-refractivity contribution in [1.82, 2.24) is 0 Å². The molecule has 0 rings (SSSR count). The van der Waals surface area contributed by atoms with E-state index in [1.807, 2.05) is 0 Å². The van der Waals surface area contributed by atoms with Gasteiger partial charge >= 0.3 is 23.9 Å². The van der Waals surface area contributed by atoms with E-state index in [9.17, 15) is 24.0 Å². The standard InChI is InChI=1S/C25H42O9/c1-7-31-20(27)24(5,21(28)32-8-2)17-13-11-15-19(26)16-12-14-18-25(6,22(29)33-9-3)23(30)34-10-4/h7-18H2,1-6H3. The van der Waals surface area contributed by atoms with Crippen LogP contribution in [0.5, 0.6) is 0 Å². The quantitative estimate of drug-likeness (QED) is 0.123. The van der Waals surface area contributed by atoms with Crippen LogP contribution in [-0.2, 0) is 42.9 Å². The number of hydrogen-bond donors (Lipinski definition) is 0. The molecule has 0 aliphatic heterocycles. The maximum absolute atomic E-state index is 12.3. The van der Waals surface area contributed by atoms with Crippen LogP contribution >= 0.6 is 0 Å². The van der Waals surface area contributed by atoms with Gasteiger partial charge in [0.2, 0.25) is 0 Å². The molecular formula is C25H42O9. The van der Waals surface area contributed by atoms with Crippen LogP contribution in [0.1, 0.15) is 92.9 Å². The lowest BCUT2D eigenvalue weighted by Gasteiger charge is -2.25. The number of carbonyl (C=O) groups is 5. The molecule has 0 N–H and O–H groups in total. The molecule has 9 heteroatoms. The van der Waals surface area contributed by atoms with Crippen LogP contribution < -0.4 is 0 Å². The Balaban J connectivity index is 4.60. The summed E-state index contributed by atoms with van der Waals surface area (Å²) in [6, 6.07) is 0. The molecule has 0 fully saturated rings. The fraction of sp³-hybridized carbons (Fsp3) is 0.800. The lowest BCUT2D eigenvalue weighted by molar-refractivity contribution is -0.173. The lowest BCUT2D eigenvalue weighted by Crippen LogP contribution is -2.39. The maximum Gasteiger partial charge on any atom is 0.323 e. The summed E-state index contributed by atoms with van der Waals surface area (Å²) < 4.78 is 20.1. The SMILES string of the molecule is CCOC(=O)C(C)(CCCCC(=O)CCCCC(C)(C(=O)OCC)C(=O)OCC)C(=O)OCC. The number of hydrogen-bond acceptors (Lipinski definition) is 9. The molecule has 0 aliphatic carbocycles. The van der Waals surface area contributed by atoms with Crippen molar-refractivity contribution in [2.24, 2.45) is 10.8 Å². The maximum atomic E-state index is 12.3. The number of ketones is 1. The molecule has 0 aromatic heterocycles. The molecule has 0 radical (unpaired) electrons. The monoisotopic (exact) mass is 486 g/mol. The predicted molar refractivity (Wildman–Crippen MR) is 125 cm³/mol. The molecular weight excluding hydrogens is 444 g/mol. The third-order valence-corrected chi connectivity index (χ3v) is 5.67. The van der Waals surface area contributed by atoms with Crippen molar-refractivity contribution in [3.8, 4) is 0 Å². The van der Waals surface area contributed by atoms with Crippen LogP contribution in [0.25, 0.3) is 0 Å². The number of rotatable bonds is 18. The second kappa shape index (κ2) is 16.2. The summed E-state index contributed by atoms with van der Waals surface area (Å²) in [5.41, 5.74) is -2.78. The third-order valence-electron chi connectivity index (χ3n) is 5.67. The van der Waals surface area contributed by atoms with Crippen LogP contribution in [0, 0.1) is 10.8 Å². The first-order chi connectivity index (χ1) is 16.0. The average Bonchev–Trinajstić information content (AvgIpc) is 2.79. The molecule has 0 heterocycles. The van der Waals surface area contributed by atoms with Crippen LogP contribution in [-0.4, -0.2) is 56.1 Å². The Labute approximate surface area is 203 Å². The Bertz CT molecular complexity index is 592. The first kappa shape index (κ1) is 31.6. The van der Waals surface area contributed by atoms with E-state index in [-0.39, 0.29) is 45.1 Å². The molecule has 0 aromatic carbocycles. The van der Waals surface area contributed by atoms with Crippen LogP contribution in [0.3, 0.4) is 0 Å². The second-order valence-corrected chi connectivity index (χ2v) is 8.50. The smallest absolute Gasteiger partial charge is 0.323 e. The summed E-state index contributed by atoms with van der Waals surface area (Å²) in [6.07, 6.45) is 3.12. The lowest BCUT2D eigenvalue weighted by atomic mass is 9.84. The summed E-state index contributed by atoms with van der Waals surface area (Å²) in [4.78, 5) is 61.4. The van der Waals surface area contributed by atoms with E-state index in [1.165, 1.54) is 13.8 Å². The van der Waals surface area contributed by atoms with Crippen molar-refractivity contribution < 1.29 is 42.9 Å². The molecule has 0 unspecified atom stereocenters. The van der Waals surface area contributed by atoms with Crippen molar-refractivity contribution in [2.75, 3.05) is 26.4 Å². The predicted octanol–water partition coefficient (Wildman–Crippen LogP) is 3.94. The minimum atomic E-state index is -1.39. The number of ether oxygens (including phenoxy) is 4. The minimum Gasteiger partial charge on any atom is -0.465 e. The minimum absolute atomic E-state index is 0.0444. The highest BCUT2D eigenvalue weighted by molar-refractivity contribution is 6.00. The normalized spacial score (nSPS) is 11.5. The van der Waals surface area contributed by atoms with E-state index in [4.69, 9.17) is 18.9 Å². The highest BCUT2D eigenvalue weighted by Gasteiger charge is 2.44. The van der Waals surface area contributed by atoms with Gasteiger partial charge in [-0.3, -0.25) is 24.0 Å². The summed E-state index contributed by atoms with van der Waals surface area (Å²) >= 11 is 0. The summed E-state index contributed by atoms with van der Waals surface area (Å²) in [7, 11) is 0. The van der Waals surface area contributed by atoms with Gasteiger partial charge in [-0.1, -0.05) is 12.8 Å². The van der Waals surface area contributed by atoms with E-state index in [2.05, 4.69) is 0 Å². The van der Waals surface area contributed by atoms with Gasteiger partial charge in [-0.05, 0) is 67.2 Å². The van der Waals surface area contributed by atoms with Gasteiger partial charge in [0.15, 0.2) is 10.8 Å². The topological polar surface area (TPSA) is 122 Å². The number of esters is 4. The highest BCUT2D eigenvalue weighted by atomic mass is 16.6. The molecule has 34 heavy (non-hydrogen) atoms. The average molecular weight is 487 g/mol. The van der Waals surface area contributed by atoms with Crippen molar-refractivity contribution in [3.63, 3.8) is 0 Å². The molecule has 0 aliphatic rings. The second-order valence-electron chi connectivity index (χ2n) is 8.50. The summed E-state index contributed by atoms with van der Waals surface area (Å²) in [5.74, 6) is -2.43. The van der Waals surface area contributed by atoms with Crippen LogP contribution in [0.4, 0.5) is 0 Å². The van der Waals surface area contributed by atoms with Gasteiger partial charge < -0.3 is 18.9 Å². The van der Waals surface area contributed by atoms with Crippen LogP contribution in [0.15, 0.2) is 0 Å². The number of carbonyl (C=O) groups excluding carboxylic acids is 5. The molecule has 0 bridgehead atoms. The van der Waals surface area contributed by atoms with Gasteiger partial charge in [0.25, 0.3) is 0 Å². The van der Waals surface area contributed by atoms with Gasteiger partial charge in [-0.2, -0.15) is 0 Å². The Morgan fingerprint density at radius 2 is 0.765 bits per heavy atom. The van der Waals surface area contributed by atoms with E-state index < -0.39 is 34.7 Å². The van der Waals surface area contributed by atoms with Crippen molar-refractivity contribution in [3.05, 3.63) is 0 Å². The van der Waals surface area contributed by atoms with Crippen molar-refractivity contribution in [2.45, 2.75) is 92.9 Å². The van der Waals surface area contributed by atoms with Crippen molar-refractivity contribution in [1.29, 1.82) is 0 Å². The molecule has 196 valence electrons. The fourth-order valence-electron chi connectivity index (χ4n) is 3.46. The zero-order valence-electron chi connectivity index (χ0n) is 21.7. The molecule has 0 amide bonds. The molecule has 0 spiro atoms. The van der Waals surface area contributed by atoms with Crippen molar-refractivity contribution >= 4 is 29.7 Å². The van der Waals surface area contributed by atoms with Crippen LogP contribution in [0.2, 0.25) is 0 Å². The zero-order valence-corrected chi connectivity index (χ0v) is 21.7. The Morgan fingerprint density at radius 1 is 0.500 bits per heavy atom. The Morgan fingerprint density at radius 3 is 1.00 bits per heavy atom. The third kappa shape index (κ3) is 9.81. The van der Waals surface area contributed by atoms with Gasteiger partial charge in [0.1, 0.15) is 5.78 Å². The van der Waals surface area contributed by atoms with E-state index in [0.717, 1.165) is 0 Å². The molecule has 0 aromatic rings. The largest absolute Gasteiger partial charge is 0.465 e. The first-order valence-corrected chi connectivity index (χ1v) is 12.2. The summed E-state index contributed by atoms with van der Waals surface area (Å²) in [6.45, 7) is 10.4. The molecule has 0 saturated heterocycles. The van der Waals surface area contributed by atoms with Gasteiger partial charge in [0.05, 0.1) is 26.4 Å². The number of unbranched alkanes of at least 4 members (excludes halogenated alkanes) is 2. The van der Waals surface area contributed by atoms with Gasteiger partial charge in [-0.15, -0.1) is 0 Å². The summed E-state index contributed by atoms with van der Waals surface area (Å²) in [5, 5.41) is 0. The van der Waals surface area contributed by atoms with Gasteiger partial charge in [-0.25, -0.2) is 0 Å². The molecule has 9 nitrogen and oxygen atoms in total. The fourth-order valence-corrected chi connectivity index (χ4v) is 3.46. The Hall–Kier alpha value is -2.45. The van der Waals surface area contributed by atoms with Gasteiger partial charge in [0, 0.05) is 12.8 Å².